The van der Waals surface area contributed by atoms with Crippen LogP contribution >= 0.6 is 0 Å². The molecule has 4 aliphatic rings. The molecule has 0 saturated carbocycles. The van der Waals surface area contributed by atoms with E-state index in [-0.39, 0.29) is 6.17 Å². The van der Waals surface area contributed by atoms with Gasteiger partial charge < -0.3 is 9.47 Å². The molecule has 0 amide bonds. The van der Waals surface area contributed by atoms with Crippen LogP contribution in [0.2, 0.25) is 0 Å². The SMILES string of the molecule is CC12c3ccccc3C3(c4ccccc4-n4c5ccccc5c5cccc3c54)c3cccc(c31)C1N=C(c3ccc4ccccc4c3)N=C(c3ccc4ccccc4c3)N12. The van der Waals surface area contributed by atoms with Gasteiger partial charge in [0, 0.05) is 27.5 Å². The zero-order valence-corrected chi connectivity index (χ0v) is 32.8. The molecule has 60 heavy (non-hydrogen) atoms. The number of hydrogen-bond acceptors (Lipinski definition) is 3. The Kier molecular flexibility index (Phi) is 6.12. The Morgan fingerprint density at radius 3 is 1.90 bits per heavy atom. The molecule has 0 radical (unpaired) electrons. The van der Waals surface area contributed by atoms with Crippen LogP contribution in [-0.4, -0.2) is 21.1 Å². The van der Waals surface area contributed by atoms with E-state index in [4.69, 9.17) is 9.98 Å². The van der Waals surface area contributed by atoms with Crippen LogP contribution in [0.5, 0.6) is 0 Å². The Balaban J connectivity index is 1.10. The zero-order valence-electron chi connectivity index (χ0n) is 32.8. The molecule has 0 saturated heterocycles. The van der Waals surface area contributed by atoms with Gasteiger partial charge in [-0.25, -0.2) is 9.98 Å². The normalized spacial score (nSPS) is 20.6. The molecule has 1 spiro atoms. The van der Waals surface area contributed by atoms with E-state index in [0.717, 1.165) is 22.8 Å². The largest absolute Gasteiger partial charge is 0.316 e. The van der Waals surface area contributed by atoms with Crippen molar-refractivity contribution in [3.63, 3.8) is 0 Å². The van der Waals surface area contributed by atoms with Crippen molar-refractivity contribution in [3.8, 4) is 5.69 Å². The summed E-state index contributed by atoms with van der Waals surface area (Å²) in [5, 5.41) is 7.34. The Labute approximate surface area is 347 Å². The summed E-state index contributed by atoms with van der Waals surface area (Å²) < 4.78 is 2.52. The van der Waals surface area contributed by atoms with Crippen molar-refractivity contribution in [3.05, 3.63) is 244 Å². The van der Waals surface area contributed by atoms with Crippen molar-refractivity contribution in [2.24, 2.45) is 9.98 Å². The number of benzene rings is 9. The second-order valence-corrected chi connectivity index (χ2v) is 17.0. The van der Waals surface area contributed by atoms with Crippen LogP contribution in [0.3, 0.4) is 0 Å². The minimum atomic E-state index is -0.603. The monoisotopic (exact) mass is 764 g/mol. The average molecular weight is 765 g/mol. The van der Waals surface area contributed by atoms with E-state index < -0.39 is 11.0 Å². The first-order chi connectivity index (χ1) is 29.6. The second kappa shape index (κ2) is 11.3. The van der Waals surface area contributed by atoms with Crippen molar-refractivity contribution in [1.82, 2.24) is 9.47 Å². The summed E-state index contributed by atoms with van der Waals surface area (Å²) in [7, 11) is 0. The number of aliphatic imine (C=N–C) groups is 2. The van der Waals surface area contributed by atoms with E-state index in [1.807, 2.05) is 0 Å². The first kappa shape index (κ1) is 32.4. The van der Waals surface area contributed by atoms with Gasteiger partial charge in [0.2, 0.25) is 0 Å². The predicted octanol–water partition coefficient (Wildman–Crippen LogP) is 12.6. The second-order valence-electron chi connectivity index (χ2n) is 17.0. The zero-order chi connectivity index (χ0) is 39.3. The number of aromatic nitrogens is 1. The molecule has 0 N–H and O–H groups in total. The van der Waals surface area contributed by atoms with Crippen molar-refractivity contribution in [1.29, 1.82) is 0 Å². The molecule has 3 unspecified atom stereocenters. The van der Waals surface area contributed by atoms with Crippen molar-refractivity contribution >= 4 is 55.0 Å². The van der Waals surface area contributed by atoms with Gasteiger partial charge in [0.15, 0.2) is 12.0 Å². The van der Waals surface area contributed by atoms with E-state index in [0.29, 0.717) is 0 Å². The fraction of sp³-hybridized carbons (Fsp3) is 0.0714. The third kappa shape index (κ3) is 3.83. The smallest absolute Gasteiger partial charge is 0.159 e. The van der Waals surface area contributed by atoms with Gasteiger partial charge in [-0.2, -0.15) is 0 Å². The molecule has 3 atom stereocenters. The van der Waals surface area contributed by atoms with E-state index in [1.165, 1.54) is 88.0 Å². The first-order valence-corrected chi connectivity index (χ1v) is 20.9. The van der Waals surface area contributed by atoms with Crippen LogP contribution in [-0.2, 0) is 11.0 Å². The van der Waals surface area contributed by atoms with Gasteiger partial charge in [0.05, 0.1) is 27.7 Å². The summed E-state index contributed by atoms with van der Waals surface area (Å²) in [6, 6.07) is 71.9. The van der Waals surface area contributed by atoms with Crippen LogP contribution in [0.4, 0.5) is 0 Å². The fourth-order valence-electron chi connectivity index (χ4n) is 11.8. The van der Waals surface area contributed by atoms with E-state index in [1.54, 1.807) is 0 Å². The van der Waals surface area contributed by atoms with Crippen LogP contribution in [0.15, 0.2) is 204 Å². The lowest BCUT2D eigenvalue weighted by molar-refractivity contribution is 0.210. The number of hydrogen-bond donors (Lipinski definition) is 0. The summed E-state index contributed by atoms with van der Waals surface area (Å²) in [5.41, 5.74) is 13.7. The fourth-order valence-corrected chi connectivity index (χ4v) is 11.8. The highest BCUT2D eigenvalue weighted by Crippen LogP contribution is 2.65. The van der Waals surface area contributed by atoms with E-state index in [9.17, 15) is 0 Å². The van der Waals surface area contributed by atoms with Gasteiger partial charge in [-0.15, -0.1) is 0 Å². The molecule has 0 bridgehead atoms. The molecule has 1 aromatic heterocycles. The third-order valence-corrected chi connectivity index (χ3v) is 14.2. The predicted molar refractivity (Wildman–Crippen MR) is 245 cm³/mol. The summed E-state index contributed by atoms with van der Waals surface area (Å²) in [4.78, 5) is 13.9. The quantitative estimate of drug-likeness (QED) is 0.173. The molecule has 4 heterocycles. The summed E-state index contributed by atoms with van der Waals surface area (Å²) >= 11 is 0. The molecule has 9 aromatic carbocycles. The lowest BCUT2D eigenvalue weighted by Crippen LogP contribution is -2.52. The minimum Gasteiger partial charge on any atom is -0.316 e. The topological polar surface area (TPSA) is 32.9 Å². The Hall–Kier alpha value is -7.56. The van der Waals surface area contributed by atoms with Gasteiger partial charge in [-0.1, -0.05) is 170 Å². The standard InChI is InChI=1S/C56H36N4/c1-55-43-21-7-8-22-44(43)56(45-23-9-11-27-49(45)59-48-26-10-6-18-40(48)41-19-12-25-47(56)51(41)59)46-24-13-20-42(50(46)55)54-58-52(38-30-28-34-14-2-4-16-36(34)32-38)57-53(60(54)55)39-31-29-35-15-3-5-17-37(35)33-39/h2-33,54H,1H3. The molecule has 14 rings (SSSR count). The van der Waals surface area contributed by atoms with Crippen molar-refractivity contribution in [2.45, 2.75) is 24.0 Å². The van der Waals surface area contributed by atoms with Crippen molar-refractivity contribution in [2.75, 3.05) is 0 Å². The number of nitrogens with zero attached hydrogens (tertiary/aromatic N) is 4. The molecule has 1 aliphatic carbocycles. The highest BCUT2D eigenvalue weighted by Gasteiger charge is 2.61. The van der Waals surface area contributed by atoms with Crippen molar-refractivity contribution < 1.29 is 0 Å². The maximum Gasteiger partial charge on any atom is 0.159 e. The number of amidine groups is 2. The highest BCUT2D eigenvalue weighted by molar-refractivity contribution is 6.16. The van der Waals surface area contributed by atoms with Crippen LogP contribution in [0, 0.1) is 0 Å². The number of fused-ring (bicyclic) bond motifs is 16. The third-order valence-electron chi connectivity index (χ3n) is 14.2. The number of para-hydroxylation sites is 3. The minimum absolute atomic E-state index is 0.310. The van der Waals surface area contributed by atoms with Gasteiger partial charge in [0.25, 0.3) is 0 Å². The van der Waals surface area contributed by atoms with Gasteiger partial charge in [-0.3, -0.25) is 0 Å². The summed E-state index contributed by atoms with van der Waals surface area (Å²) in [6.07, 6.45) is -0.310. The van der Waals surface area contributed by atoms with Gasteiger partial charge in [-0.05, 0) is 86.1 Å². The lowest BCUT2D eigenvalue weighted by atomic mass is 9.55. The van der Waals surface area contributed by atoms with E-state index >= 15 is 0 Å². The Bertz CT molecular complexity index is 3610. The van der Waals surface area contributed by atoms with Crippen LogP contribution in [0.1, 0.15) is 63.2 Å². The molecule has 4 nitrogen and oxygen atoms in total. The molecule has 3 aliphatic heterocycles. The average Bonchev–Trinajstić information content (AvgIpc) is 3.79. The maximum atomic E-state index is 5.72. The summed E-state index contributed by atoms with van der Waals surface area (Å²) in [5.74, 6) is 1.69. The molecule has 4 heteroatoms. The lowest BCUT2D eigenvalue weighted by Gasteiger charge is -2.52. The maximum absolute atomic E-state index is 5.72. The highest BCUT2D eigenvalue weighted by atomic mass is 15.4. The Morgan fingerprint density at radius 2 is 1.08 bits per heavy atom. The van der Waals surface area contributed by atoms with Gasteiger partial charge >= 0.3 is 0 Å². The molecule has 10 aromatic rings. The van der Waals surface area contributed by atoms with E-state index in [2.05, 4.69) is 211 Å². The van der Waals surface area contributed by atoms with Crippen LogP contribution < -0.4 is 0 Å². The summed E-state index contributed by atoms with van der Waals surface area (Å²) in [6.45, 7) is 2.43. The number of rotatable bonds is 2. The molecule has 0 fully saturated rings. The molecule has 280 valence electrons. The Morgan fingerprint density at radius 1 is 0.483 bits per heavy atom. The van der Waals surface area contributed by atoms with Gasteiger partial charge in [0.1, 0.15) is 5.84 Å². The first-order valence-electron chi connectivity index (χ1n) is 20.9. The van der Waals surface area contributed by atoms with Crippen LogP contribution in [0.25, 0.3) is 49.0 Å². The molecular formula is C56H36N4. The molecular weight excluding hydrogens is 729 g/mol.